The molecule has 18 rings (SSSR count). The maximum atomic E-state index is 12.6. The largest absolute Gasteiger partial charge is 0.345 e. The number of thiazole rings is 1. The molecular formula is C91H94Br3Cl3N22O12S7. The van der Waals surface area contributed by atoms with Crippen LogP contribution in [-0.4, -0.2) is 140 Å². The predicted molar refractivity (Wildman–Crippen MR) is 558 cm³/mol. The normalized spacial score (nSPS) is 13.7. The van der Waals surface area contributed by atoms with Crippen molar-refractivity contribution in [2.45, 2.75) is 117 Å². The highest BCUT2D eigenvalue weighted by atomic mass is 79.9. The zero-order valence-corrected chi connectivity index (χ0v) is 87.0. The summed E-state index contributed by atoms with van der Waals surface area (Å²) < 4.78 is 167. The standard InChI is InChI=1S/C16H16ClN3O2S.2C15H15BrN4O2S.2C15H15ClN4O2S.C14H14BrN3O2S2.CH4/c1-11(2)20-8-6-12-9-13(17)15(10-14(12)20)23(21,22)19-16-5-3-4-7-18-16;1-10(2)20-6-3-11-7-12(16)14(8-13(11)20)23(21,22)19-15-9-17-4-5-18-15;1-10(2)20-7-4-11-8-12(16)14(9-13(11)20)23(21,22)19-15-17-5-3-6-18-15;1-10(2)20-6-3-11-7-12(16)14(8-13(11)20)23(21,22)19-15-9-17-4-5-18-15;1-10(2)20-7-4-11-8-12(16)14(9-13(11)20)23(21,22)19-15-17-5-3-6-18-15;1-9(2)18-5-3-10-7-11(15)13(8-12(10)18)22(19,20)17-14-16-4-6-21-14;/h3-5,7,9-10H,1,6,8H2,2H3,(H,18,19);4-5,7-9H,1,3,6H2,2H3,(H,18,19);3,5-6,8-9H,1,4,7H2,2H3,(H,17,18,19);4-5,7-9H,1,3,6H2,2H3,(H,18,19);3,5-6,8-9H,1,4,7H2,2H3,(H,17,18,19);4,6-8H,1,3,5H2,2H3,(H,16,17);1H4. The molecule has 6 aliphatic rings. The summed E-state index contributed by atoms with van der Waals surface area (Å²) in [6.07, 6.45) is 22.4. The predicted octanol–water partition coefficient (Wildman–Crippen LogP) is 19.2. The maximum Gasteiger partial charge on any atom is 0.265 e. The second-order valence-corrected chi connectivity index (χ2v) is 45.9. The molecule has 6 aliphatic heterocycles. The van der Waals surface area contributed by atoms with Crippen molar-refractivity contribution >= 4 is 223 Å². The van der Waals surface area contributed by atoms with E-state index >= 15 is 0 Å². The van der Waals surface area contributed by atoms with Crippen LogP contribution < -0.4 is 57.7 Å². The highest BCUT2D eigenvalue weighted by molar-refractivity contribution is 9.11. The Bertz CT molecular complexity index is 6590. The number of rotatable bonds is 24. The molecule has 34 nitrogen and oxygen atoms in total. The molecule has 6 N–H and O–H groups in total. The SMILES string of the molecule is C.C=C(C)N1CCc2cc(Br)c(S(=O)(=O)Nc3cnccn3)cc21.C=C(C)N1CCc2cc(Br)c(S(=O)(=O)Nc3ncccn3)cc21.C=C(C)N1CCc2cc(Br)c(S(=O)(=O)Nc3nccs3)cc21.C=C(C)N1CCc2cc(Cl)c(S(=O)(=O)Nc3ccccn3)cc21.C=C(C)N1CCc2cc(Cl)c(S(=O)(=O)Nc3cnccn3)cc21.C=C(C)N1CCc2cc(Cl)c(S(=O)(=O)Nc3ncccn3)cc21. The van der Waals surface area contributed by atoms with Crippen LogP contribution in [0, 0.1) is 0 Å². The van der Waals surface area contributed by atoms with E-state index in [1.807, 2.05) is 89.1 Å². The molecule has 12 aromatic rings. The van der Waals surface area contributed by atoms with Crippen molar-refractivity contribution in [2.75, 3.05) is 97.0 Å². The van der Waals surface area contributed by atoms with Gasteiger partial charge in [-0.25, -0.2) is 99.8 Å². The van der Waals surface area contributed by atoms with Gasteiger partial charge in [-0.15, -0.1) is 11.3 Å². The van der Waals surface area contributed by atoms with Crippen LogP contribution in [0.25, 0.3) is 0 Å². The second-order valence-electron chi connectivity index (χ2n) is 31.3. The van der Waals surface area contributed by atoms with Crippen LogP contribution in [0.4, 0.5) is 68.6 Å². The number of halogens is 6. The first-order valence-corrected chi connectivity index (χ1v) is 54.7. The van der Waals surface area contributed by atoms with Crippen molar-refractivity contribution < 1.29 is 50.5 Å². The number of sulfonamides is 6. The number of benzene rings is 6. The Morgan fingerprint density at radius 2 is 0.572 bits per heavy atom. The van der Waals surface area contributed by atoms with Crippen LogP contribution in [0.5, 0.6) is 0 Å². The summed E-state index contributed by atoms with van der Waals surface area (Å²) in [6.45, 7) is 39.8. The Labute approximate surface area is 847 Å². The van der Waals surface area contributed by atoms with Crippen LogP contribution >= 0.6 is 93.9 Å². The van der Waals surface area contributed by atoms with Gasteiger partial charge < -0.3 is 29.4 Å². The maximum absolute atomic E-state index is 12.6. The molecule has 0 unspecified atom stereocenters. The Morgan fingerprint density at radius 1 is 0.312 bits per heavy atom. The van der Waals surface area contributed by atoms with E-state index in [0.29, 0.717) is 18.5 Å². The van der Waals surface area contributed by atoms with Crippen molar-refractivity contribution in [1.82, 2.24) is 49.8 Å². The van der Waals surface area contributed by atoms with Crippen LogP contribution in [0.2, 0.25) is 15.1 Å². The summed E-state index contributed by atoms with van der Waals surface area (Å²) in [5.41, 5.74) is 16.7. The van der Waals surface area contributed by atoms with E-state index in [1.165, 1.54) is 79.5 Å². The van der Waals surface area contributed by atoms with Crippen molar-refractivity contribution in [2.24, 2.45) is 0 Å². The number of aromatic nitrogens is 10. The summed E-state index contributed by atoms with van der Waals surface area (Å²) in [5, 5.41) is 2.64. The van der Waals surface area contributed by atoms with Crippen molar-refractivity contribution in [3.8, 4) is 0 Å². The summed E-state index contributed by atoms with van der Waals surface area (Å²) in [6, 6.07) is 28.7. The summed E-state index contributed by atoms with van der Waals surface area (Å²) in [5.74, 6) is 0.607. The Balaban J connectivity index is 0.000000148. The van der Waals surface area contributed by atoms with Gasteiger partial charge in [0.05, 0.1) is 27.5 Å². The van der Waals surface area contributed by atoms with Crippen molar-refractivity contribution in [3.63, 3.8) is 0 Å². The van der Waals surface area contributed by atoms with Gasteiger partial charge in [-0.1, -0.05) is 87.8 Å². The van der Waals surface area contributed by atoms with Crippen LogP contribution in [0.3, 0.4) is 0 Å². The molecule has 724 valence electrons. The first-order valence-electron chi connectivity index (χ1n) is 41.4. The molecule has 0 fully saturated rings. The molecule has 0 radical (unpaired) electrons. The summed E-state index contributed by atoms with van der Waals surface area (Å²) in [7, 11) is -22.8. The van der Waals surface area contributed by atoms with Crippen LogP contribution in [-0.2, 0) is 98.7 Å². The van der Waals surface area contributed by atoms with E-state index in [4.69, 9.17) is 34.8 Å². The van der Waals surface area contributed by atoms with Gasteiger partial charge in [0.15, 0.2) is 16.8 Å². The van der Waals surface area contributed by atoms with Gasteiger partial charge in [0.25, 0.3) is 60.1 Å². The van der Waals surface area contributed by atoms with Gasteiger partial charge in [0.2, 0.25) is 11.9 Å². The minimum Gasteiger partial charge on any atom is -0.345 e. The van der Waals surface area contributed by atoms with E-state index in [2.05, 4.69) is 165 Å². The van der Waals surface area contributed by atoms with E-state index in [9.17, 15) is 50.5 Å². The molecule has 138 heavy (non-hydrogen) atoms. The Kier molecular flexibility index (Phi) is 33.8. The number of hydrogen-bond acceptors (Lipinski definition) is 29. The topological polar surface area (TPSA) is 425 Å². The molecule has 0 aliphatic carbocycles. The quantitative estimate of drug-likeness (QED) is 0.0327. The van der Waals surface area contributed by atoms with Gasteiger partial charge in [-0.05, 0) is 258 Å². The van der Waals surface area contributed by atoms with Gasteiger partial charge in [-0.3, -0.25) is 28.9 Å². The average molecular weight is 2260 g/mol. The summed E-state index contributed by atoms with van der Waals surface area (Å²) >= 11 is 29.9. The number of allylic oxidation sites excluding steroid dienone is 6. The van der Waals surface area contributed by atoms with E-state index in [-0.39, 0.29) is 81.2 Å². The average Bonchev–Trinajstić information content (AvgIpc) is 1.47. The number of nitrogens with one attached hydrogen (secondary N) is 6. The minimum atomic E-state index is -3.88. The molecular weight excluding hydrogens is 2160 g/mol. The first-order chi connectivity index (χ1) is 64.8. The molecule has 47 heteroatoms. The highest BCUT2D eigenvalue weighted by Gasteiger charge is 2.35. The lowest BCUT2D eigenvalue weighted by atomic mass is 10.2. The summed E-state index contributed by atoms with van der Waals surface area (Å²) in [4.78, 5) is 51.6. The fourth-order valence-corrected chi connectivity index (χ4v) is 26.9. The monoisotopic (exact) mass is 2250 g/mol. The number of anilines is 12. The van der Waals surface area contributed by atoms with Crippen LogP contribution in [0.1, 0.15) is 82.3 Å². The smallest absolute Gasteiger partial charge is 0.265 e. The Hall–Kier alpha value is -11.5. The van der Waals surface area contributed by atoms with Gasteiger partial charge in [-0.2, -0.15) is 0 Å². The molecule has 0 amide bonds. The molecule has 6 aromatic carbocycles. The van der Waals surface area contributed by atoms with Crippen molar-refractivity contribution in [3.05, 3.63) is 318 Å². The second kappa shape index (κ2) is 44.3. The lowest BCUT2D eigenvalue weighted by Crippen LogP contribution is -2.18. The zero-order valence-electron chi connectivity index (χ0n) is 74.2. The number of fused-ring (bicyclic) bond motifs is 6. The third-order valence-corrected chi connectivity index (χ3v) is 34.6. The third kappa shape index (κ3) is 25.0. The zero-order chi connectivity index (χ0) is 99.0. The number of pyridine rings is 1. The van der Waals surface area contributed by atoms with Gasteiger partial charge in [0, 0.05) is 188 Å². The van der Waals surface area contributed by atoms with Crippen LogP contribution in [0.15, 0.2) is 299 Å². The molecule has 0 atom stereocenters. The van der Waals surface area contributed by atoms with Gasteiger partial charge in [0.1, 0.15) is 35.2 Å². The lowest BCUT2D eigenvalue weighted by molar-refractivity contribution is 0.598. The minimum absolute atomic E-state index is 0. The molecule has 0 spiro atoms. The molecule has 6 aromatic heterocycles. The molecule has 0 bridgehead atoms. The first kappa shape index (κ1) is 105. The van der Waals surface area contributed by atoms with E-state index in [1.54, 1.807) is 96.5 Å². The lowest BCUT2D eigenvalue weighted by Gasteiger charge is -2.20. The van der Waals surface area contributed by atoms with Crippen molar-refractivity contribution in [1.29, 1.82) is 0 Å². The van der Waals surface area contributed by atoms with Gasteiger partial charge >= 0.3 is 0 Å². The third-order valence-electron chi connectivity index (χ3n) is 21.4. The molecule has 0 saturated carbocycles. The highest BCUT2D eigenvalue weighted by Crippen LogP contribution is 2.45. The Morgan fingerprint density at radius 3 is 0.848 bits per heavy atom. The fourth-order valence-electron chi connectivity index (χ4n) is 15.1. The molecule has 12 heterocycles. The fraction of sp³-hybridized carbons (Fsp3) is 0.209. The van der Waals surface area contributed by atoms with E-state index in [0.717, 1.165) is 179 Å². The number of nitrogens with zero attached hydrogens (tertiary/aromatic N) is 16. The van der Waals surface area contributed by atoms with E-state index < -0.39 is 60.1 Å². The number of hydrogen-bond donors (Lipinski definition) is 6. The molecule has 0 saturated heterocycles.